The lowest BCUT2D eigenvalue weighted by molar-refractivity contribution is 0.422. The van der Waals surface area contributed by atoms with Crippen LogP contribution in [-0.4, -0.2) is 25.7 Å². The van der Waals surface area contributed by atoms with E-state index in [1.54, 1.807) is 0 Å². The van der Waals surface area contributed by atoms with Crippen LogP contribution in [0.1, 0.15) is 26.3 Å². The van der Waals surface area contributed by atoms with Crippen LogP contribution in [0.15, 0.2) is 24.3 Å². The second-order valence-electron chi connectivity index (χ2n) is 4.99. The number of hydrogen-bond acceptors (Lipinski definition) is 2. The van der Waals surface area contributed by atoms with Crippen LogP contribution >= 0.6 is 0 Å². The van der Waals surface area contributed by atoms with E-state index in [1.807, 2.05) is 7.05 Å². The van der Waals surface area contributed by atoms with Crippen LogP contribution in [0.4, 0.5) is 5.69 Å². The van der Waals surface area contributed by atoms with Gasteiger partial charge in [0, 0.05) is 24.3 Å². The topological polar surface area (TPSA) is 15.3 Å². The minimum absolute atomic E-state index is 0.139. The zero-order valence-corrected chi connectivity index (χ0v) is 11.2. The van der Waals surface area contributed by atoms with E-state index in [1.165, 1.54) is 11.3 Å². The molecular weight excluding hydrogens is 196 g/mol. The van der Waals surface area contributed by atoms with E-state index in [9.17, 15) is 0 Å². The summed E-state index contributed by atoms with van der Waals surface area (Å²) in [6.45, 7) is 10.9. The van der Waals surface area contributed by atoms with Crippen molar-refractivity contribution in [2.75, 3.05) is 25.0 Å². The molecular formula is C14H24N2. The number of aryl methyl sites for hydroxylation is 1. The second-order valence-corrected chi connectivity index (χ2v) is 4.99. The van der Waals surface area contributed by atoms with E-state index < -0.39 is 0 Å². The number of anilines is 1. The molecule has 0 fully saturated rings. The maximum Gasteiger partial charge on any atom is 0.0369 e. The highest BCUT2D eigenvalue weighted by atomic mass is 15.2. The first kappa shape index (κ1) is 13.0. The van der Waals surface area contributed by atoms with Gasteiger partial charge < -0.3 is 10.2 Å². The van der Waals surface area contributed by atoms with Gasteiger partial charge in [-0.3, -0.25) is 0 Å². The summed E-state index contributed by atoms with van der Waals surface area (Å²) in [5, 5.41) is 3.35. The normalized spacial score (nSPS) is 11.6. The van der Waals surface area contributed by atoms with Gasteiger partial charge in [0.2, 0.25) is 0 Å². The molecule has 0 aromatic heterocycles. The van der Waals surface area contributed by atoms with Gasteiger partial charge in [0.05, 0.1) is 0 Å². The highest BCUT2D eigenvalue weighted by Crippen LogP contribution is 2.18. The Bertz CT molecular complexity index is 331. The number of hydrogen-bond donors (Lipinski definition) is 1. The Morgan fingerprint density at radius 2 is 2.00 bits per heavy atom. The molecule has 0 radical (unpaired) electrons. The van der Waals surface area contributed by atoms with Crippen LogP contribution < -0.4 is 10.2 Å². The van der Waals surface area contributed by atoms with Gasteiger partial charge in [-0.25, -0.2) is 0 Å². The Balaban J connectivity index is 2.82. The smallest absolute Gasteiger partial charge is 0.0369 e. The van der Waals surface area contributed by atoms with Gasteiger partial charge in [0.1, 0.15) is 0 Å². The number of nitrogens with zero attached hydrogens (tertiary/aromatic N) is 1. The molecule has 0 saturated carbocycles. The molecule has 0 saturated heterocycles. The van der Waals surface area contributed by atoms with Crippen molar-refractivity contribution >= 4 is 5.69 Å². The van der Waals surface area contributed by atoms with E-state index in [-0.39, 0.29) is 5.54 Å². The largest absolute Gasteiger partial charge is 0.370 e. The minimum atomic E-state index is 0.139. The maximum atomic E-state index is 3.35. The van der Waals surface area contributed by atoms with Gasteiger partial charge in [-0.15, -0.1) is 0 Å². The summed E-state index contributed by atoms with van der Waals surface area (Å²) in [4.78, 5) is 2.41. The van der Waals surface area contributed by atoms with Crippen molar-refractivity contribution in [3.8, 4) is 0 Å². The molecule has 1 aromatic carbocycles. The standard InChI is InChI=1S/C14H24N2/c1-6-16(11-14(3,4)15-5)13-9-7-8-12(2)10-13/h7-10,15H,6,11H2,1-5H3. The third-order valence-electron chi connectivity index (χ3n) is 3.01. The molecule has 0 heterocycles. The van der Waals surface area contributed by atoms with Gasteiger partial charge in [-0.2, -0.15) is 0 Å². The Morgan fingerprint density at radius 1 is 1.31 bits per heavy atom. The SMILES string of the molecule is CCN(CC(C)(C)NC)c1cccc(C)c1. The fourth-order valence-corrected chi connectivity index (χ4v) is 1.77. The van der Waals surface area contributed by atoms with Crippen molar-refractivity contribution < 1.29 is 0 Å². The predicted octanol–water partition coefficient (Wildman–Crippen LogP) is 2.82. The van der Waals surface area contributed by atoms with Crippen LogP contribution in [0.3, 0.4) is 0 Å². The zero-order valence-electron chi connectivity index (χ0n) is 11.2. The van der Waals surface area contributed by atoms with Crippen LogP contribution in [0.5, 0.6) is 0 Å². The summed E-state index contributed by atoms with van der Waals surface area (Å²) < 4.78 is 0. The quantitative estimate of drug-likeness (QED) is 0.821. The lowest BCUT2D eigenvalue weighted by Crippen LogP contribution is -2.47. The number of benzene rings is 1. The average molecular weight is 220 g/mol. The molecule has 1 rings (SSSR count). The predicted molar refractivity (Wildman–Crippen MR) is 72.2 cm³/mol. The van der Waals surface area contributed by atoms with Gasteiger partial charge >= 0.3 is 0 Å². The fraction of sp³-hybridized carbons (Fsp3) is 0.571. The molecule has 2 heteroatoms. The first-order valence-corrected chi connectivity index (χ1v) is 5.99. The average Bonchev–Trinajstić information content (AvgIpc) is 2.26. The summed E-state index contributed by atoms with van der Waals surface area (Å²) in [6.07, 6.45) is 0. The second kappa shape index (κ2) is 5.35. The molecule has 0 aliphatic heterocycles. The molecule has 1 N–H and O–H groups in total. The van der Waals surface area contributed by atoms with Gasteiger partial charge in [-0.1, -0.05) is 12.1 Å². The molecule has 2 nitrogen and oxygen atoms in total. The first-order chi connectivity index (χ1) is 7.48. The van der Waals surface area contributed by atoms with E-state index in [4.69, 9.17) is 0 Å². The molecule has 0 aliphatic carbocycles. The summed E-state index contributed by atoms with van der Waals surface area (Å²) in [5.41, 5.74) is 2.77. The van der Waals surface area contributed by atoms with Gasteiger partial charge in [0.15, 0.2) is 0 Å². The summed E-state index contributed by atoms with van der Waals surface area (Å²) >= 11 is 0. The van der Waals surface area contributed by atoms with Crippen molar-refractivity contribution in [2.45, 2.75) is 33.2 Å². The van der Waals surface area contributed by atoms with Gasteiger partial charge in [0.25, 0.3) is 0 Å². The zero-order chi connectivity index (χ0) is 12.2. The summed E-state index contributed by atoms with van der Waals surface area (Å²) in [7, 11) is 2.02. The summed E-state index contributed by atoms with van der Waals surface area (Å²) in [5.74, 6) is 0. The molecule has 0 atom stereocenters. The van der Waals surface area contributed by atoms with E-state index >= 15 is 0 Å². The molecule has 0 bridgehead atoms. The van der Waals surface area contributed by atoms with Crippen molar-refractivity contribution in [3.05, 3.63) is 29.8 Å². The van der Waals surface area contributed by atoms with Crippen molar-refractivity contribution in [1.29, 1.82) is 0 Å². The highest BCUT2D eigenvalue weighted by molar-refractivity contribution is 5.48. The van der Waals surface area contributed by atoms with Crippen LogP contribution in [0.25, 0.3) is 0 Å². The Labute approximate surface area is 99.7 Å². The number of rotatable bonds is 5. The molecule has 0 amide bonds. The minimum Gasteiger partial charge on any atom is -0.370 e. The fourth-order valence-electron chi connectivity index (χ4n) is 1.77. The molecule has 90 valence electrons. The molecule has 0 aliphatic rings. The molecule has 0 unspecified atom stereocenters. The number of likely N-dealkylation sites (N-methyl/N-ethyl adjacent to an activating group) is 2. The third-order valence-corrected chi connectivity index (χ3v) is 3.01. The Morgan fingerprint density at radius 3 is 2.50 bits per heavy atom. The lowest BCUT2D eigenvalue weighted by atomic mass is 10.0. The van der Waals surface area contributed by atoms with Crippen molar-refractivity contribution in [1.82, 2.24) is 5.32 Å². The molecule has 1 aromatic rings. The Hall–Kier alpha value is -1.02. The van der Waals surface area contributed by atoms with Crippen molar-refractivity contribution in [3.63, 3.8) is 0 Å². The monoisotopic (exact) mass is 220 g/mol. The van der Waals surface area contributed by atoms with E-state index in [0.29, 0.717) is 0 Å². The van der Waals surface area contributed by atoms with Crippen LogP contribution in [0.2, 0.25) is 0 Å². The van der Waals surface area contributed by atoms with Crippen LogP contribution in [-0.2, 0) is 0 Å². The van der Waals surface area contributed by atoms with E-state index in [0.717, 1.165) is 13.1 Å². The molecule has 0 spiro atoms. The Kier molecular flexibility index (Phi) is 4.36. The summed E-state index contributed by atoms with van der Waals surface area (Å²) in [6, 6.07) is 8.69. The van der Waals surface area contributed by atoms with Crippen LogP contribution in [0, 0.1) is 6.92 Å². The lowest BCUT2D eigenvalue weighted by Gasteiger charge is -2.33. The third kappa shape index (κ3) is 3.53. The maximum absolute atomic E-state index is 3.35. The first-order valence-electron chi connectivity index (χ1n) is 5.99. The highest BCUT2D eigenvalue weighted by Gasteiger charge is 2.18. The molecule has 16 heavy (non-hydrogen) atoms. The van der Waals surface area contributed by atoms with Crippen molar-refractivity contribution in [2.24, 2.45) is 0 Å². The van der Waals surface area contributed by atoms with Gasteiger partial charge in [-0.05, 0) is 52.4 Å². The number of nitrogens with one attached hydrogen (secondary N) is 1. The van der Waals surface area contributed by atoms with E-state index in [2.05, 4.69) is 62.2 Å².